The van der Waals surface area contributed by atoms with Crippen LogP contribution in [0.5, 0.6) is 0 Å². The van der Waals surface area contributed by atoms with Crippen molar-refractivity contribution in [3.63, 3.8) is 0 Å². The molecule has 1 aliphatic heterocycles. The predicted octanol–water partition coefficient (Wildman–Crippen LogP) is 3.52. The Morgan fingerprint density at radius 1 is 1.36 bits per heavy atom. The smallest absolute Gasteiger partial charge is 0.219 e. The van der Waals surface area contributed by atoms with Gasteiger partial charge in [0, 0.05) is 42.7 Å². The highest BCUT2D eigenvalue weighted by Crippen LogP contribution is 2.27. The van der Waals surface area contributed by atoms with E-state index in [0.29, 0.717) is 5.02 Å². The van der Waals surface area contributed by atoms with Crippen molar-refractivity contribution in [3.05, 3.63) is 47.4 Å². The van der Waals surface area contributed by atoms with Crippen LogP contribution >= 0.6 is 11.6 Å². The number of rotatable bonds is 2. The number of likely N-dealkylation sites (tertiary alicyclic amines) is 1. The average Bonchev–Trinajstić information content (AvgIpc) is 2.55. The lowest BCUT2D eigenvalue weighted by Crippen LogP contribution is -2.37. The van der Waals surface area contributed by atoms with Gasteiger partial charge < -0.3 is 4.90 Å². The highest BCUT2D eigenvalue weighted by Gasteiger charge is 2.24. The van der Waals surface area contributed by atoms with Gasteiger partial charge >= 0.3 is 0 Å². The maximum absolute atomic E-state index is 11.6. The molecule has 2 heterocycles. The highest BCUT2D eigenvalue weighted by atomic mass is 35.5. The molecule has 2 aromatic rings. The zero-order valence-electron chi connectivity index (χ0n) is 12.5. The summed E-state index contributed by atoms with van der Waals surface area (Å²) in [5.74, 6) is 0.382. The zero-order chi connectivity index (χ0) is 15.5. The van der Waals surface area contributed by atoms with Crippen LogP contribution in [-0.2, 0) is 4.79 Å². The van der Waals surface area contributed by atoms with E-state index in [9.17, 15) is 4.79 Å². The van der Waals surface area contributed by atoms with Crippen molar-refractivity contribution >= 4 is 17.5 Å². The van der Waals surface area contributed by atoms with Crippen molar-refractivity contribution in [2.75, 3.05) is 13.1 Å². The van der Waals surface area contributed by atoms with Crippen molar-refractivity contribution < 1.29 is 4.79 Å². The van der Waals surface area contributed by atoms with Crippen LogP contribution in [0.2, 0.25) is 5.02 Å². The number of nitrogens with zero attached hydrogens (tertiary/aromatic N) is 3. The second kappa shape index (κ2) is 6.44. The molecule has 0 aliphatic carbocycles. The number of aromatic nitrogens is 2. The van der Waals surface area contributed by atoms with Crippen LogP contribution in [0, 0.1) is 0 Å². The second-order valence-corrected chi connectivity index (χ2v) is 6.08. The molecule has 0 unspecified atom stereocenters. The molecular formula is C17H18ClN3O. The Kier molecular flexibility index (Phi) is 4.39. The molecule has 114 valence electrons. The summed E-state index contributed by atoms with van der Waals surface area (Å²) in [7, 11) is 0. The van der Waals surface area contributed by atoms with E-state index in [2.05, 4.69) is 4.98 Å². The van der Waals surface area contributed by atoms with Gasteiger partial charge in [0.15, 0.2) is 0 Å². The van der Waals surface area contributed by atoms with Crippen molar-refractivity contribution in [2.24, 2.45) is 0 Å². The molecule has 0 bridgehead atoms. The summed E-state index contributed by atoms with van der Waals surface area (Å²) in [6, 6.07) is 7.61. The van der Waals surface area contributed by atoms with Crippen LogP contribution in [0.4, 0.5) is 0 Å². The minimum Gasteiger partial charge on any atom is -0.342 e. The SMILES string of the molecule is CC(=O)N1CCC[C@H](c2cncc(-c3cccc(Cl)c3)n2)C1. The molecule has 1 aliphatic rings. The van der Waals surface area contributed by atoms with E-state index in [4.69, 9.17) is 16.6 Å². The number of carbonyl (C=O) groups is 1. The van der Waals surface area contributed by atoms with Crippen LogP contribution in [0.3, 0.4) is 0 Å². The molecule has 0 N–H and O–H groups in total. The van der Waals surface area contributed by atoms with Crippen LogP contribution in [0.25, 0.3) is 11.3 Å². The lowest BCUT2D eigenvalue weighted by Gasteiger charge is -2.31. The molecule has 3 rings (SSSR count). The molecule has 1 aromatic carbocycles. The molecule has 1 atom stereocenters. The van der Waals surface area contributed by atoms with Gasteiger partial charge in [0.25, 0.3) is 0 Å². The van der Waals surface area contributed by atoms with E-state index in [0.717, 1.165) is 42.9 Å². The molecule has 1 aromatic heterocycles. The highest BCUT2D eigenvalue weighted by molar-refractivity contribution is 6.30. The maximum atomic E-state index is 11.6. The molecule has 22 heavy (non-hydrogen) atoms. The quantitative estimate of drug-likeness (QED) is 0.851. The van der Waals surface area contributed by atoms with E-state index in [1.807, 2.05) is 35.4 Å². The number of amides is 1. The fraction of sp³-hybridized carbons (Fsp3) is 0.353. The summed E-state index contributed by atoms with van der Waals surface area (Å²) >= 11 is 6.04. The Morgan fingerprint density at radius 2 is 2.23 bits per heavy atom. The van der Waals surface area contributed by atoms with Gasteiger partial charge in [-0.1, -0.05) is 23.7 Å². The fourth-order valence-corrected chi connectivity index (χ4v) is 3.06. The van der Waals surface area contributed by atoms with Crippen molar-refractivity contribution in [3.8, 4) is 11.3 Å². The van der Waals surface area contributed by atoms with Gasteiger partial charge in [-0.3, -0.25) is 9.78 Å². The van der Waals surface area contributed by atoms with Gasteiger partial charge in [0.05, 0.1) is 17.6 Å². The minimum absolute atomic E-state index is 0.128. The van der Waals surface area contributed by atoms with Gasteiger partial charge in [-0.15, -0.1) is 0 Å². The molecular weight excluding hydrogens is 298 g/mol. The number of hydrogen-bond donors (Lipinski definition) is 0. The normalized spacial score (nSPS) is 18.3. The first-order chi connectivity index (χ1) is 10.6. The Morgan fingerprint density at radius 3 is 3.00 bits per heavy atom. The summed E-state index contributed by atoms with van der Waals surface area (Å²) < 4.78 is 0. The third-order valence-corrected chi connectivity index (χ3v) is 4.29. The summed E-state index contributed by atoms with van der Waals surface area (Å²) in [5, 5.41) is 0.685. The van der Waals surface area contributed by atoms with Crippen molar-refractivity contribution in [2.45, 2.75) is 25.7 Å². The molecule has 1 fully saturated rings. The van der Waals surface area contributed by atoms with Crippen LogP contribution in [0.15, 0.2) is 36.7 Å². The summed E-state index contributed by atoms with van der Waals surface area (Å²) in [4.78, 5) is 22.5. The van der Waals surface area contributed by atoms with E-state index in [-0.39, 0.29) is 11.8 Å². The topological polar surface area (TPSA) is 46.1 Å². The first-order valence-corrected chi connectivity index (χ1v) is 7.84. The van der Waals surface area contributed by atoms with Gasteiger partial charge in [0.2, 0.25) is 5.91 Å². The molecule has 1 amide bonds. The zero-order valence-corrected chi connectivity index (χ0v) is 13.3. The number of piperidine rings is 1. The van der Waals surface area contributed by atoms with E-state index < -0.39 is 0 Å². The second-order valence-electron chi connectivity index (χ2n) is 5.64. The first-order valence-electron chi connectivity index (χ1n) is 7.47. The summed E-state index contributed by atoms with van der Waals surface area (Å²) in [6.07, 6.45) is 5.61. The standard InChI is InChI=1S/C17H18ClN3O/c1-12(22)21-7-3-5-14(11-21)17-10-19-9-16(20-17)13-4-2-6-15(18)8-13/h2,4,6,8-10,14H,3,5,7,11H2,1H3/t14-/m0/s1. The lowest BCUT2D eigenvalue weighted by atomic mass is 9.95. The van der Waals surface area contributed by atoms with Gasteiger partial charge in [-0.2, -0.15) is 0 Å². The molecule has 5 heteroatoms. The summed E-state index contributed by atoms with van der Waals surface area (Å²) in [5.41, 5.74) is 2.73. The van der Waals surface area contributed by atoms with Gasteiger partial charge in [-0.05, 0) is 25.0 Å². The van der Waals surface area contributed by atoms with E-state index >= 15 is 0 Å². The number of benzene rings is 1. The molecule has 0 saturated carbocycles. The van der Waals surface area contributed by atoms with Crippen LogP contribution in [0.1, 0.15) is 31.4 Å². The minimum atomic E-state index is 0.128. The average molecular weight is 316 g/mol. The van der Waals surface area contributed by atoms with Gasteiger partial charge in [-0.25, -0.2) is 4.98 Å². The molecule has 0 spiro atoms. The number of hydrogen-bond acceptors (Lipinski definition) is 3. The number of halogens is 1. The Hall–Kier alpha value is -1.94. The third-order valence-electron chi connectivity index (χ3n) is 4.06. The lowest BCUT2D eigenvalue weighted by molar-refractivity contribution is -0.130. The van der Waals surface area contributed by atoms with E-state index in [1.165, 1.54) is 0 Å². The monoisotopic (exact) mass is 315 g/mol. The summed E-state index contributed by atoms with van der Waals surface area (Å²) in [6.45, 7) is 3.19. The largest absolute Gasteiger partial charge is 0.342 e. The predicted molar refractivity (Wildman–Crippen MR) is 86.7 cm³/mol. The Labute approximate surface area is 135 Å². The van der Waals surface area contributed by atoms with Crippen LogP contribution < -0.4 is 0 Å². The Bertz CT molecular complexity index is 689. The van der Waals surface area contributed by atoms with Gasteiger partial charge in [0.1, 0.15) is 0 Å². The van der Waals surface area contributed by atoms with E-state index in [1.54, 1.807) is 13.1 Å². The number of carbonyl (C=O) groups excluding carboxylic acids is 1. The van der Waals surface area contributed by atoms with Crippen molar-refractivity contribution in [1.29, 1.82) is 0 Å². The first kappa shape index (κ1) is 15.0. The van der Waals surface area contributed by atoms with Crippen LogP contribution in [-0.4, -0.2) is 33.9 Å². The maximum Gasteiger partial charge on any atom is 0.219 e. The fourth-order valence-electron chi connectivity index (χ4n) is 2.87. The Balaban J connectivity index is 1.86. The molecule has 4 nitrogen and oxygen atoms in total. The molecule has 1 saturated heterocycles. The van der Waals surface area contributed by atoms with Crippen molar-refractivity contribution in [1.82, 2.24) is 14.9 Å². The third kappa shape index (κ3) is 3.28. The molecule has 0 radical (unpaired) electrons.